The fraction of sp³-hybridized carbons (Fsp3) is 0.950. The molecule has 0 saturated carbocycles. The van der Waals surface area contributed by atoms with Gasteiger partial charge < -0.3 is 0 Å². The van der Waals surface area contributed by atoms with Crippen molar-refractivity contribution in [3.63, 3.8) is 0 Å². The standard InChI is InChI=1S/C20H41/c1-5-6-7-8-9-10-11-12-13-17-20(4)18-15-14-16-19(2)3/h20H,5-18H2,1-4H3. The van der Waals surface area contributed by atoms with Gasteiger partial charge in [-0.2, -0.15) is 0 Å². The summed E-state index contributed by atoms with van der Waals surface area (Å²) in [6.07, 6.45) is 20.2. The Morgan fingerprint density at radius 1 is 0.650 bits per heavy atom. The van der Waals surface area contributed by atoms with Crippen LogP contribution in [0.4, 0.5) is 0 Å². The van der Waals surface area contributed by atoms with E-state index >= 15 is 0 Å². The Kier molecular flexibility index (Phi) is 15.4. The van der Waals surface area contributed by atoms with Gasteiger partial charge in [0.15, 0.2) is 0 Å². The molecule has 0 aromatic heterocycles. The first kappa shape index (κ1) is 20.0. The van der Waals surface area contributed by atoms with Gasteiger partial charge in [0.1, 0.15) is 0 Å². The highest BCUT2D eigenvalue weighted by Crippen LogP contribution is 2.19. The van der Waals surface area contributed by atoms with Gasteiger partial charge in [-0.1, -0.05) is 111 Å². The second-order valence-electron chi connectivity index (χ2n) is 7.18. The van der Waals surface area contributed by atoms with Gasteiger partial charge in [-0.25, -0.2) is 0 Å². The molecule has 0 aliphatic heterocycles. The molecule has 0 heteroatoms. The van der Waals surface area contributed by atoms with Crippen molar-refractivity contribution in [3.8, 4) is 0 Å². The lowest BCUT2D eigenvalue weighted by Crippen LogP contribution is -1.96. The fourth-order valence-corrected chi connectivity index (χ4v) is 2.92. The first-order valence-corrected chi connectivity index (χ1v) is 9.45. The summed E-state index contributed by atoms with van der Waals surface area (Å²) in [7, 11) is 0. The molecule has 0 aliphatic rings. The smallest absolute Gasteiger partial charge is 0.0303 e. The molecule has 1 unspecified atom stereocenters. The Balaban J connectivity index is 3.13. The van der Waals surface area contributed by atoms with E-state index in [2.05, 4.69) is 27.7 Å². The van der Waals surface area contributed by atoms with E-state index in [4.69, 9.17) is 0 Å². The van der Waals surface area contributed by atoms with E-state index in [0.717, 1.165) is 5.92 Å². The van der Waals surface area contributed by atoms with Crippen LogP contribution < -0.4 is 0 Å². The molecule has 1 radical (unpaired) electrons. The van der Waals surface area contributed by atoms with Crippen molar-refractivity contribution in [2.45, 2.75) is 118 Å². The van der Waals surface area contributed by atoms with E-state index in [9.17, 15) is 0 Å². The van der Waals surface area contributed by atoms with Crippen LogP contribution in [0.1, 0.15) is 118 Å². The Bertz CT molecular complexity index is 171. The fourth-order valence-electron chi connectivity index (χ4n) is 2.92. The minimum absolute atomic E-state index is 0.955. The molecule has 0 heterocycles. The molecule has 0 amide bonds. The van der Waals surface area contributed by atoms with Crippen LogP contribution in [0.2, 0.25) is 0 Å². The van der Waals surface area contributed by atoms with Crippen molar-refractivity contribution in [1.29, 1.82) is 0 Å². The monoisotopic (exact) mass is 281 g/mol. The zero-order chi connectivity index (χ0) is 15.1. The molecule has 0 saturated heterocycles. The van der Waals surface area contributed by atoms with Crippen LogP contribution in [0.15, 0.2) is 0 Å². The van der Waals surface area contributed by atoms with Crippen molar-refractivity contribution in [3.05, 3.63) is 5.92 Å². The van der Waals surface area contributed by atoms with E-state index in [-0.39, 0.29) is 0 Å². The molecule has 0 rings (SSSR count). The first-order chi connectivity index (χ1) is 9.66. The minimum atomic E-state index is 0.955. The van der Waals surface area contributed by atoms with Crippen molar-refractivity contribution in [2.75, 3.05) is 0 Å². The summed E-state index contributed by atoms with van der Waals surface area (Å²) in [6, 6.07) is 0. The van der Waals surface area contributed by atoms with Crippen molar-refractivity contribution in [2.24, 2.45) is 5.92 Å². The lowest BCUT2D eigenvalue weighted by molar-refractivity contribution is 0.434. The van der Waals surface area contributed by atoms with Gasteiger partial charge in [-0.3, -0.25) is 0 Å². The van der Waals surface area contributed by atoms with Crippen LogP contribution in [0.25, 0.3) is 0 Å². The zero-order valence-corrected chi connectivity index (χ0v) is 15.0. The molecule has 121 valence electrons. The minimum Gasteiger partial charge on any atom is -0.0654 e. The third-order valence-corrected chi connectivity index (χ3v) is 4.42. The highest BCUT2D eigenvalue weighted by Gasteiger charge is 2.02. The normalized spacial score (nSPS) is 13.1. The van der Waals surface area contributed by atoms with E-state index in [0.29, 0.717) is 0 Å². The largest absolute Gasteiger partial charge is 0.0654 e. The van der Waals surface area contributed by atoms with E-state index < -0.39 is 0 Å². The molecule has 0 aromatic rings. The van der Waals surface area contributed by atoms with Gasteiger partial charge in [-0.15, -0.1) is 0 Å². The van der Waals surface area contributed by atoms with Gasteiger partial charge in [0, 0.05) is 0 Å². The molecule has 0 fully saturated rings. The summed E-state index contributed by atoms with van der Waals surface area (Å²) in [5.74, 6) is 2.55. The maximum absolute atomic E-state index is 2.45. The number of hydrogen-bond acceptors (Lipinski definition) is 0. The lowest BCUT2D eigenvalue weighted by atomic mass is 9.95. The average Bonchev–Trinajstić information content (AvgIpc) is 2.41. The Morgan fingerprint density at radius 2 is 1.10 bits per heavy atom. The predicted molar refractivity (Wildman–Crippen MR) is 94.1 cm³/mol. The quantitative estimate of drug-likeness (QED) is 0.269. The molecule has 20 heavy (non-hydrogen) atoms. The summed E-state index contributed by atoms with van der Waals surface area (Å²) in [5, 5.41) is 0. The molecular formula is C20H41. The van der Waals surface area contributed by atoms with Crippen molar-refractivity contribution >= 4 is 0 Å². The van der Waals surface area contributed by atoms with Crippen LogP contribution in [-0.4, -0.2) is 0 Å². The molecule has 0 nitrogen and oxygen atoms in total. The first-order valence-electron chi connectivity index (χ1n) is 9.45. The van der Waals surface area contributed by atoms with Crippen LogP contribution >= 0.6 is 0 Å². The lowest BCUT2D eigenvalue weighted by Gasteiger charge is -2.11. The third-order valence-electron chi connectivity index (χ3n) is 4.42. The number of unbranched alkanes of at least 4 members (excludes halogenated alkanes) is 9. The summed E-state index contributed by atoms with van der Waals surface area (Å²) in [6.45, 7) is 9.26. The van der Waals surface area contributed by atoms with Gasteiger partial charge in [0.2, 0.25) is 0 Å². The summed E-state index contributed by atoms with van der Waals surface area (Å²) < 4.78 is 0. The second-order valence-corrected chi connectivity index (χ2v) is 7.18. The molecule has 0 bridgehead atoms. The molecule has 0 aliphatic carbocycles. The summed E-state index contributed by atoms with van der Waals surface area (Å²) >= 11 is 0. The van der Waals surface area contributed by atoms with Crippen LogP contribution in [0.5, 0.6) is 0 Å². The highest BCUT2D eigenvalue weighted by atomic mass is 14.1. The summed E-state index contributed by atoms with van der Waals surface area (Å²) in [5.41, 5.74) is 0. The van der Waals surface area contributed by atoms with Gasteiger partial charge in [0.05, 0.1) is 0 Å². The topological polar surface area (TPSA) is 0 Å². The highest BCUT2D eigenvalue weighted by molar-refractivity contribution is 4.75. The molecule has 0 spiro atoms. The third kappa shape index (κ3) is 16.1. The molecule has 0 aromatic carbocycles. The number of hydrogen-bond donors (Lipinski definition) is 0. The maximum atomic E-state index is 2.45. The van der Waals surface area contributed by atoms with Gasteiger partial charge in [0.25, 0.3) is 0 Å². The van der Waals surface area contributed by atoms with Crippen molar-refractivity contribution < 1.29 is 0 Å². The van der Waals surface area contributed by atoms with E-state index in [1.165, 1.54) is 89.9 Å². The Morgan fingerprint density at radius 3 is 1.60 bits per heavy atom. The average molecular weight is 282 g/mol. The second kappa shape index (κ2) is 15.4. The Hall–Kier alpha value is 0. The molecule has 1 atom stereocenters. The molecule has 0 N–H and O–H groups in total. The predicted octanol–water partition coefficient (Wildman–Crippen LogP) is 7.72. The van der Waals surface area contributed by atoms with E-state index in [1.54, 1.807) is 5.92 Å². The van der Waals surface area contributed by atoms with Crippen molar-refractivity contribution in [1.82, 2.24) is 0 Å². The summed E-state index contributed by atoms with van der Waals surface area (Å²) in [4.78, 5) is 0. The maximum Gasteiger partial charge on any atom is -0.0303 e. The van der Waals surface area contributed by atoms with E-state index in [1.807, 2.05) is 0 Å². The van der Waals surface area contributed by atoms with Crippen LogP contribution in [0, 0.1) is 11.8 Å². The number of rotatable bonds is 15. The van der Waals surface area contributed by atoms with Crippen LogP contribution in [-0.2, 0) is 0 Å². The SMILES string of the molecule is CCCCCCCCCCCC(C)CCCC[C](C)C. The van der Waals surface area contributed by atoms with Gasteiger partial charge in [-0.05, 0) is 18.3 Å². The zero-order valence-electron chi connectivity index (χ0n) is 15.0. The Labute approximate surface area is 130 Å². The van der Waals surface area contributed by atoms with Gasteiger partial charge >= 0.3 is 0 Å². The van der Waals surface area contributed by atoms with Crippen LogP contribution in [0.3, 0.4) is 0 Å². The molecular weight excluding hydrogens is 240 g/mol.